The lowest BCUT2D eigenvalue weighted by Gasteiger charge is -2.15. The van der Waals surface area contributed by atoms with Gasteiger partial charge in [0.1, 0.15) is 36.9 Å². The van der Waals surface area contributed by atoms with Crippen LogP contribution in [0.1, 0.15) is 0 Å². The highest BCUT2D eigenvalue weighted by atomic mass is 35.5. The van der Waals surface area contributed by atoms with Gasteiger partial charge in [-0.05, 0) is 36.4 Å². The molecule has 0 bridgehead atoms. The van der Waals surface area contributed by atoms with Gasteiger partial charge in [0.15, 0.2) is 0 Å². The molecular weight excluding hydrogens is 515 g/mol. The van der Waals surface area contributed by atoms with Crippen molar-refractivity contribution in [3.05, 3.63) is 65.2 Å². The Morgan fingerprint density at radius 2 is 1.48 bits per heavy atom. The molecule has 2 N–H and O–H groups in total. The van der Waals surface area contributed by atoms with Crippen LogP contribution in [-0.4, -0.2) is 59.5 Å². The monoisotopic (exact) mass is 534 g/mol. The van der Waals surface area contributed by atoms with Crippen LogP contribution in [0.2, 0.25) is 10.0 Å². The molecule has 1 aromatic heterocycles. The van der Waals surface area contributed by atoms with E-state index in [2.05, 4.69) is 4.98 Å². The Labute approximate surface area is 206 Å². The van der Waals surface area contributed by atoms with Crippen LogP contribution in [0, 0.1) is 0 Å². The maximum atomic E-state index is 13.0. The van der Waals surface area contributed by atoms with E-state index in [1.807, 2.05) is 0 Å². The highest BCUT2D eigenvalue weighted by molar-refractivity contribution is 7.91. The molecule has 0 saturated carbocycles. The number of ether oxygens (including phenoxy) is 2. The average molecular weight is 536 g/mol. The third-order valence-electron chi connectivity index (χ3n) is 4.45. The molecule has 2 aromatic carbocycles. The number of benzene rings is 2. The number of alkyl halides is 1. The molecule has 0 unspecified atom stereocenters. The van der Waals surface area contributed by atoms with Crippen LogP contribution in [-0.2, 0) is 16.4 Å². The minimum atomic E-state index is -3.93. The first kappa shape index (κ1) is 25.6. The molecule has 3 rings (SSSR count). The molecule has 1 heterocycles. The van der Waals surface area contributed by atoms with E-state index in [9.17, 15) is 18.6 Å². The summed E-state index contributed by atoms with van der Waals surface area (Å²) >= 11 is 17.9. The number of sulfone groups is 1. The third-order valence-corrected chi connectivity index (χ3v) is 7.14. The minimum Gasteiger partial charge on any atom is -0.489 e. The molecular formula is C21H21Cl3N2O6S. The lowest BCUT2D eigenvalue weighted by atomic mass is 10.3. The standard InChI is InChI=1S/C21H21Cl3N2O6S/c22-9-14(27)11-31-20-3-1-16(7-18(20)23)33(29,30)17-2-4-21(19(24)8-17)32-12-15(28)10-26-6-5-25-13-26/h1-8,13-15,27-28H,9-12H2/t14-,15+/m1/s1. The Morgan fingerprint density at radius 1 is 0.939 bits per heavy atom. The van der Waals surface area contributed by atoms with Gasteiger partial charge in [-0.3, -0.25) is 0 Å². The van der Waals surface area contributed by atoms with Crippen molar-refractivity contribution in [3.63, 3.8) is 0 Å². The summed E-state index contributed by atoms with van der Waals surface area (Å²) in [6, 6.07) is 8.04. The third kappa shape index (κ3) is 6.75. The number of imidazole rings is 1. The summed E-state index contributed by atoms with van der Waals surface area (Å²) < 4.78 is 38.6. The quantitative estimate of drug-likeness (QED) is 0.362. The van der Waals surface area contributed by atoms with Gasteiger partial charge in [-0.2, -0.15) is 0 Å². The van der Waals surface area contributed by atoms with E-state index in [0.717, 1.165) is 0 Å². The lowest BCUT2D eigenvalue weighted by molar-refractivity contribution is 0.0925. The maximum absolute atomic E-state index is 13.0. The Morgan fingerprint density at radius 3 is 1.94 bits per heavy atom. The first-order valence-electron chi connectivity index (χ1n) is 9.68. The summed E-state index contributed by atoms with van der Waals surface area (Å²) in [5.74, 6) is 0.449. The van der Waals surface area contributed by atoms with Crippen molar-refractivity contribution in [2.24, 2.45) is 0 Å². The average Bonchev–Trinajstić information content (AvgIpc) is 3.30. The van der Waals surface area contributed by atoms with Gasteiger partial charge in [0.25, 0.3) is 0 Å². The van der Waals surface area contributed by atoms with E-state index in [0.29, 0.717) is 0 Å². The largest absolute Gasteiger partial charge is 0.489 e. The van der Waals surface area contributed by atoms with Gasteiger partial charge >= 0.3 is 0 Å². The second kappa shape index (κ2) is 11.4. The van der Waals surface area contributed by atoms with Crippen LogP contribution in [0.4, 0.5) is 0 Å². The molecule has 33 heavy (non-hydrogen) atoms. The summed E-state index contributed by atoms with van der Waals surface area (Å²) in [6.45, 7) is 0.165. The zero-order chi connectivity index (χ0) is 24.0. The highest BCUT2D eigenvalue weighted by Gasteiger charge is 2.21. The van der Waals surface area contributed by atoms with Gasteiger partial charge in [0.05, 0.1) is 38.6 Å². The van der Waals surface area contributed by atoms with E-state index < -0.39 is 22.0 Å². The van der Waals surface area contributed by atoms with Crippen molar-refractivity contribution in [2.45, 2.75) is 28.5 Å². The summed E-state index contributed by atoms with van der Waals surface area (Å²) in [5.41, 5.74) is 0. The fraction of sp³-hybridized carbons (Fsp3) is 0.286. The molecule has 0 saturated heterocycles. The Hall–Kier alpha value is -2.01. The van der Waals surface area contributed by atoms with Gasteiger partial charge in [-0.25, -0.2) is 13.4 Å². The van der Waals surface area contributed by atoms with E-state index in [1.165, 1.54) is 36.4 Å². The van der Waals surface area contributed by atoms with E-state index in [1.54, 1.807) is 23.3 Å². The fourth-order valence-corrected chi connectivity index (χ4v) is 4.78. The second-order valence-electron chi connectivity index (χ2n) is 7.03. The van der Waals surface area contributed by atoms with Crippen LogP contribution in [0.5, 0.6) is 11.5 Å². The zero-order valence-corrected chi connectivity index (χ0v) is 20.2. The lowest BCUT2D eigenvalue weighted by Crippen LogP contribution is -2.23. The Kier molecular flexibility index (Phi) is 8.86. The van der Waals surface area contributed by atoms with Crippen LogP contribution >= 0.6 is 34.8 Å². The highest BCUT2D eigenvalue weighted by Crippen LogP contribution is 2.33. The number of aliphatic hydroxyl groups is 2. The normalized spacial score (nSPS) is 13.5. The summed E-state index contributed by atoms with van der Waals surface area (Å²) in [4.78, 5) is 3.79. The molecule has 178 valence electrons. The number of aliphatic hydroxyl groups excluding tert-OH is 2. The molecule has 0 aliphatic heterocycles. The SMILES string of the molecule is O=S(=O)(c1ccc(OC[C@H](O)CCl)c(Cl)c1)c1ccc(OC[C@@H](O)Cn2ccnc2)c(Cl)c1. The van der Waals surface area contributed by atoms with Crippen LogP contribution < -0.4 is 9.47 Å². The van der Waals surface area contributed by atoms with Gasteiger partial charge in [0, 0.05) is 12.4 Å². The van der Waals surface area contributed by atoms with Gasteiger partial charge in [-0.15, -0.1) is 11.6 Å². The zero-order valence-electron chi connectivity index (χ0n) is 17.1. The molecule has 0 fully saturated rings. The number of hydrogen-bond donors (Lipinski definition) is 2. The molecule has 3 aromatic rings. The topological polar surface area (TPSA) is 111 Å². The molecule has 0 spiro atoms. The number of aromatic nitrogens is 2. The molecule has 0 radical (unpaired) electrons. The van der Waals surface area contributed by atoms with Crippen LogP contribution in [0.3, 0.4) is 0 Å². The fourth-order valence-electron chi connectivity index (χ4n) is 2.77. The Bertz CT molecular complexity index is 1170. The number of nitrogens with zero attached hydrogens (tertiary/aromatic N) is 2. The summed E-state index contributed by atoms with van der Waals surface area (Å²) in [5, 5.41) is 19.7. The van der Waals surface area contributed by atoms with Crippen molar-refractivity contribution in [1.29, 1.82) is 0 Å². The van der Waals surface area contributed by atoms with Crippen LogP contribution in [0.25, 0.3) is 0 Å². The van der Waals surface area contributed by atoms with Gasteiger partial charge in [0.2, 0.25) is 9.84 Å². The number of hydrogen-bond acceptors (Lipinski definition) is 7. The minimum absolute atomic E-state index is 0.00583. The molecule has 0 amide bonds. The number of halogens is 3. The molecule has 0 aliphatic rings. The number of rotatable bonds is 11. The van der Waals surface area contributed by atoms with Crippen molar-refractivity contribution in [2.75, 3.05) is 19.1 Å². The molecule has 8 nitrogen and oxygen atoms in total. The van der Waals surface area contributed by atoms with Crippen molar-refractivity contribution >= 4 is 44.6 Å². The smallest absolute Gasteiger partial charge is 0.206 e. The molecule has 2 atom stereocenters. The molecule has 12 heteroatoms. The van der Waals surface area contributed by atoms with Crippen molar-refractivity contribution in [3.8, 4) is 11.5 Å². The van der Waals surface area contributed by atoms with Crippen molar-refractivity contribution in [1.82, 2.24) is 9.55 Å². The van der Waals surface area contributed by atoms with Gasteiger partial charge < -0.3 is 24.3 Å². The first-order chi connectivity index (χ1) is 15.7. The van der Waals surface area contributed by atoms with E-state index >= 15 is 0 Å². The Balaban J connectivity index is 1.69. The van der Waals surface area contributed by atoms with Crippen LogP contribution in [0.15, 0.2) is 64.9 Å². The first-order valence-corrected chi connectivity index (χ1v) is 12.5. The summed E-state index contributed by atoms with van der Waals surface area (Å²) in [7, 11) is -3.93. The van der Waals surface area contributed by atoms with E-state index in [-0.39, 0.29) is 57.0 Å². The second-order valence-corrected chi connectivity index (χ2v) is 10.1. The molecule has 0 aliphatic carbocycles. The van der Waals surface area contributed by atoms with Crippen molar-refractivity contribution < 1.29 is 28.1 Å². The predicted octanol–water partition coefficient (Wildman–Crippen LogP) is 3.44. The summed E-state index contributed by atoms with van der Waals surface area (Å²) in [6.07, 6.45) is 3.20. The predicted molar refractivity (Wildman–Crippen MR) is 124 cm³/mol. The maximum Gasteiger partial charge on any atom is 0.206 e. The van der Waals surface area contributed by atoms with E-state index in [4.69, 9.17) is 44.3 Å². The van der Waals surface area contributed by atoms with Gasteiger partial charge in [-0.1, -0.05) is 23.2 Å².